The maximum absolute atomic E-state index is 13.4. The number of nitrogens with one attached hydrogen (secondary N) is 1. The lowest BCUT2D eigenvalue weighted by Gasteiger charge is -2.31. The second-order valence-electron chi connectivity index (χ2n) is 6.96. The molecule has 9 heteroatoms. The lowest BCUT2D eigenvalue weighted by Crippen LogP contribution is -2.34. The van der Waals surface area contributed by atoms with Gasteiger partial charge in [0, 0.05) is 26.1 Å². The van der Waals surface area contributed by atoms with Crippen LogP contribution in [0.25, 0.3) is 22.1 Å². The van der Waals surface area contributed by atoms with Crippen LogP contribution in [-0.2, 0) is 7.05 Å². The van der Waals surface area contributed by atoms with Gasteiger partial charge in [0.05, 0.1) is 22.6 Å². The van der Waals surface area contributed by atoms with Crippen molar-refractivity contribution in [2.45, 2.75) is 18.8 Å². The number of rotatable bonds is 2. The van der Waals surface area contributed by atoms with Crippen LogP contribution in [0.15, 0.2) is 24.4 Å². The summed E-state index contributed by atoms with van der Waals surface area (Å²) in [5.74, 6) is 2.04. The van der Waals surface area contributed by atoms with Gasteiger partial charge in [0.15, 0.2) is 5.65 Å². The Morgan fingerprint density at radius 3 is 2.81 bits per heavy atom. The molecule has 0 unspecified atom stereocenters. The van der Waals surface area contributed by atoms with Crippen LogP contribution in [0.2, 0.25) is 0 Å². The highest BCUT2D eigenvalue weighted by Crippen LogP contribution is 2.30. The van der Waals surface area contributed by atoms with E-state index in [1.165, 1.54) is 12.1 Å². The van der Waals surface area contributed by atoms with Gasteiger partial charge in [-0.15, -0.1) is 0 Å². The molecule has 3 N–H and O–H groups in total. The molecule has 0 spiro atoms. The van der Waals surface area contributed by atoms with Crippen LogP contribution in [0.4, 0.5) is 16.2 Å². The number of aryl methyl sites for hydroxylation is 1. The van der Waals surface area contributed by atoms with Gasteiger partial charge < -0.3 is 15.6 Å². The number of benzene rings is 1. The zero-order chi connectivity index (χ0) is 18.5. The zero-order valence-electron chi connectivity index (χ0n) is 14.9. The Bertz CT molecular complexity index is 1140. The third-order valence-electron chi connectivity index (χ3n) is 5.24. The number of aromatic amines is 1. The molecule has 1 fully saturated rings. The van der Waals surface area contributed by atoms with Crippen molar-refractivity contribution in [2.24, 2.45) is 7.05 Å². The standard InChI is InChI=1S/C18H19FN8/c1-26-17-12(9-21-26)15(20)24-18(25-17)27-6-4-10(5-7-27)16-22-13-3-2-11(19)8-14(13)23-16/h2-3,8-10H,4-7H2,1H3,(H,22,23)(H2,20,24,25). The topological polar surface area (TPSA) is 102 Å². The number of nitrogen functional groups attached to an aromatic ring is 1. The van der Waals surface area contributed by atoms with Crippen molar-refractivity contribution < 1.29 is 4.39 Å². The molecule has 0 amide bonds. The molecule has 0 aliphatic carbocycles. The van der Waals surface area contributed by atoms with E-state index in [1.807, 2.05) is 7.05 Å². The molecule has 5 rings (SSSR count). The van der Waals surface area contributed by atoms with Gasteiger partial charge in [0.25, 0.3) is 0 Å². The summed E-state index contributed by atoms with van der Waals surface area (Å²) in [6.45, 7) is 1.61. The van der Waals surface area contributed by atoms with Crippen LogP contribution in [0, 0.1) is 5.82 Å². The van der Waals surface area contributed by atoms with Crippen LogP contribution in [0.3, 0.4) is 0 Å². The van der Waals surface area contributed by atoms with Crippen molar-refractivity contribution in [1.29, 1.82) is 0 Å². The summed E-state index contributed by atoms with van der Waals surface area (Å²) in [6, 6.07) is 4.63. The quantitative estimate of drug-likeness (QED) is 0.565. The van der Waals surface area contributed by atoms with E-state index in [0.29, 0.717) is 17.7 Å². The number of anilines is 2. The second-order valence-corrected chi connectivity index (χ2v) is 6.96. The van der Waals surface area contributed by atoms with Gasteiger partial charge in [-0.3, -0.25) is 4.68 Å². The first-order chi connectivity index (χ1) is 13.1. The van der Waals surface area contributed by atoms with Crippen LogP contribution >= 0.6 is 0 Å². The number of nitrogens with two attached hydrogens (primary N) is 1. The molecule has 27 heavy (non-hydrogen) atoms. The van der Waals surface area contributed by atoms with Crippen molar-refractivity contribution in [3.8, 4) is 0 Å². The Morgan fingerprint density at radius 1 is 1.19 bits per heavy atom. The van der Waals surface area contributed by atoms with Gasteiger partial charge in [-0.05, 0) is 31.0 Å². The van der Waals surface area contributed by atoms with Gasteiger partial charge >= 0.3 is 0 Å². The van der Waals surface area contributed by atoms with Crippen molar-refractivity contribution in [1.82, 2.24) is 29.7 Å². The third-order valence-corrected chi connectivity index (χ3v) is 5.24. The summed E-state index contributed by atoms with van der Waals surface area (Å²) in [5, 5.41) is 4.97. The van der Waals surface area contributed by atoms with E-state index in [4.69, 9.17) is 5.73 Å². The maximum Gasteiger partial charge on any atom is 0.229 e. The third kappa shape index (κ3) is 2.66. The van der Waals surface area contributed by atoms with E-state index in [0.717, 1.165) is 53.8 Å². The highest BCUT2D eigenvalue weighted by Gasteiger charge is 2.25. The number of fused-ring (bicyclic) bond motifs is 2. The van der Waals surface area contributed by atoms with E-state index >= 15 is 0 Å². The fourth-order valence-corrected chi connectivity index (χ4v) is 3.72. The smallest absolute Gasteiger partial charge is 0.229 e. The molecule has 8 nitrogen and oxygen atoms in total. The second kappa shape index (κ2) is 5.90. The number of halogens is 1. The highest BCUT2D eigenvalue weighted by molar-refractivity contribution is 5.86. The van der Waals surface area contributed by atoms with Crippen LogP contribution in [0.1, 0.15) is 24.6 Å². The molecule has 4 aromatic rings. The summed E-state index contributed by atoms with van der Waals surface area (Å²) >= 11 is 0. The molecule has 1 aliphatic heterocycles. The minimum absolute atomic E-state index is 0.257. The molecule has 3 aromatic heterocycles. The molecule has 138 valence electrons. The van der Waals surface area contributed by atoms with Crippen molar-refractivity contribution in [3.63, 3.8) is 0 Å². The highest BCUT2D eigenvalue weighted by atomic mass is 19.1. The number of imidazole rings is 1. The molecule has 0 saturated carbocycles. The summed E-state index contributed by atoms with van der Waals surface area (Å²) in [4.78, 5) is 19.1. The molecule has 0 radical (unpaired) electrons. The summed E-state index contributed by atoms with van der Waals surface area (Å²) in [7, 11) is 1.84. The predicted molar refractivity (Wildman–Crippen MR) is 101 cm³/mol. The zero-order valence-corrected chi connectivity index (χ0v) is 14.9. The normalized spacial score (nSPS) is 15.9. The van der Waals surface area contributed by atoms with Crippen LogP contribution in [-0.4, -0.2) is 42.8 Å². The van der Waals surface area contributed by atoms with E-state index in [1.54, 1.807) is 16.9 Å². The molecule has 1 aliphatic rings. The lowest BCUT2D eigenvalue weighted by molar-refractivity contribution is 0.484. The Kier molecular flexibility index (Phi) is 3.49. The Labute approximate surface area is 154 Å². The van der Waals surface area contributed by atoms with Gasteiger partial charge in [0.1, 0.15) is 17.5 Å². The average Bonchev–Trinajstić information content (AvgIpc) is 3.26. The van der Waals surface area contributed by atoms with Gasteiger partial charge in [-0.2, -0.15) is 15.1 Å². The number of aromatic nitrogens is 6. The van der Waals surface area contributed by atoms with E-state index in [-0.39, 0.29) is 5.82 Å². The van der Waals surface area contributed by atoms with Crippen molar-refractivity contribution in [2.75, 3.05) is 23.7 Å². The molecule has 1 saturated heterocycles. The van der Waals surface area contributed by atoms with E-state index in [9.17, 15) is 4.39 Å². The first-order valence-corrected chi connectivity index (χ1v) is 8.94. The Balaban J connectivity index is 1.37. The number of hydrogen-bond donors (Lipinski definition) is 2. The molecule has 1 aromatic carbocycles. The SMILES string of the molecule is Cn1ncc2c(N)nc(N3CCC(c4nc5ccc(F)cc5[nH]4)CC3)nc21. The summed E-state index contributed by atoms with van der Waals surface area (Å²) < 4.78 is 15.1. The number of nitrogens with zero attached hydrogens (tertiary/aromatic N) is 6. The maximum atomic E-state index is 13.4. The Hall–Kier alpha value is -3.23. The van der Waals surface area contributed by atoms with Gasteiger partial charge in [-0.25, -0.2) is 9.37 Å². The molecular weight excluding hydrogens is 347 g/mol. The number of piperidine rings is 1. The van der Waals surface area contributed by atoms with Gasteiger partial charge in [0.2, 0.25) is 5.95 Å². The summed E-state index contributed by atoms with van der Waals surface area (Å²) in [5.41, 5.74) is 8.35. The predicted octanol–water partition coefficient (Wildman–Crippen LogP) is 2.34. The minimum Gasteiger partial charge on any atom is -0.383 e. The largest absolute Gasteiger partial charge is 0.383 e. The Morgan fingerprint density at radius 2 is 2.00 bits per heavy atom. The monoisotopic (exact) mass is 366 g/mol. The van der Waals surface area contributed by atoms with E-state index < -0.39 is 0 Å². The van der Waals surface area contributed by atoms with E-state index in [2.05, 4.69) is 29.9 Å². The number of hydrogen-bond acceptors (Lipinski definition) is 6. The van der Waals surface area contributed by atoms with Crippen LogP contribution < -0.4 is 10.6 Å². The van der Waals surface area contributed by atoms with Crippen molar-refractivity contribution >= 4 is 33.8 Å². The molecule has 4 heterocycles. The van der Waals surface area contributed by atoms with Crippen LogP contribution in [0.5, 0.6) is 0 Å². The molecular formula is C18H19FN8. The first-order valence-electron chi connectivity index (χ1n) is 8.94. The minimum atomic E-state index is -0.257. The van der Waals surface area contributed by atoms with Crippen molar-refractivity contribution in [3.05, 3.63) is 36.0 Å². The molecule has 0 bridgehead atoms. The van der Waals surface area contributed by atoms with Gasteiger partial charge in [-0.1, -0.05) is 0 Å². The fourth-order valence-electron chi connectivity index (χ4n) is 3.72. The molecule has 0 atom stereocenters. The first kappa shape index (κ1) is 16.0. The fraction of sp³-hybridized carbons (Fsp3) is 0.333. The summed E-state index contributed by atoms with van der Waals surface area (Å²) in [6.07, 6.45) is 3.51. The lowest BCUT2D eigenvalue weighted by atomic mass is 9.96. The average molecular weight is 366 g/mol. The number of H-pyrrole nitrogens is 1.